The number of hydrogen-bond donors (Lipinski definition) is 1. The molecule has 27 heavy (non-hydrogen) atoms. The van der Waals surface area contributed by atoms with Crippen LogP contribution in [0.25, 0.3) is 11.4 Å². The summed E-state index contributed by atoms with van der Waals surface area (Å²) in [6, 6.07) is 13.0. The molecule has 1 amide bonds. The number of amides is 1. The molecule has 0 bridgehead atoms. The van der Waals surface area contributed by atoms with Crippen molar-refractivity contribution in [3.8, 4) is 17.1 Å². The van der Waals surface area contributed by atoms with Crippen molar-refractivity contribution in [1.82, 2.24) is 14.8 Å². The summed E-state index contributed by atoms with van der Waals surface area (Å²) < 4.78 is 7.11. The minimum absolute atomic E-state index is 0.128. The van der Waals surface area contributed by atoms with Crippen molar-refractivity contribution in [1.29, 1.82) is 0 Å². The molecule has 3 aromatic rings. The van der Waals surface area contributed by atoms with Crippen molar-refractivity contribution in [2.45, 2.75) is 12.1 Å². The van der Waals surface area contributed by atoms with E-state index in [4.69, 9.17) is 16.3 Å². The second kappa shape index (κ2) is 8.45. The molecule has 0 saturated heterocycles. The predicted molar refractivity (Wildman–Crippen MR) is 109 cm³/mol. The van der Waals surface area contributed by atoms with Crippen molar-refractivity contribution in [3.05, 3.63) is 53.1 Å². The lowest BCUT2D eigenvalue weighted by Crippen LogP contribution is -2.15. The standard InChI is InChI=1S/C19H19ClN4O2S/c1-12-15(20)8-5-9-16(12)21-17(25)11-27-19-23-22-18(24(19)2)13-6-4-7-14(10-13)26-3/h4-10H,11H2,1-3H3,(H,21,25). The maximum atomic E-state index is 12.3. The van der Waals surface area contributed by atoms with E-state index in [1.165, 1.54) is 11.8 Å². The van der Waals surface area contributed by atoms with Crippen molar-refractivity contribution >= 4 is 35.0 Å². The van der Waals surface area contributed by atoms with Crippen LogP contribution in [-0.2, 0) is 11.8 Å². The lowest BCUT2D eigenvalue weighted by molar-refractivity contribution is -0.113. The quantitative estimate of drug-likeness (QED) is 0.626. The molecule has 0 unspecified atom stereocenters. The zero-order valence-electron chi connectivity index (χ0n) is 15.2. The molecule has 0 aliphatic carbocycles. The number of nitrogens with one attached hydrogen (secondary N) is 1. The summed E-state index contributed by atoms with van der Waals surface area (Å²) in [4.78, 5) is 12.3. The molecule has 0 aliphatic rings. The third-order valence-corrected chi connectivity index (χ3v) is 5.47. The van der Waals surface area contributed by atoms with E-state index >= 15 is 0 Å². The van der Waals surface area contributed by atoms with Gasteiger partial charge in [-0.05, 0) is 36.8 Å². The average molecular weight is 403 g/mol. The van der Waals surface area contributed by atoms with E-state index in [9.17, 15) is 4.79 Å². The van der Waals surface area contributed by atoms with Gasteiger partial charge in [0.25, 0.3) is 0 Å². The van der Waals surface area contributed by atoms with Gasteiger partial charge in [-0.1, -0.05) is 41.6 Å². The molecule has 6 nitrogen and oxygen atoms in total. The number of methoxy groups -OCH3 is 1. The summed E-state index contributed by atoms with van der Waals surface area (Å²) in [5.41, 5.74) is 2.45. The van der Waals surface area contributed by atoms with Crippen LogP contribution in [0.1, 0.15) is 5.56 Å². The number of carbonyl (C=O) groups is 1. The van der Waals surface area contributed by atoms with E-state index < -0.39 is 0 Å². The molecular weight excluding hydrogens is 384 g/mol. The normalized spacial score (nSPS) is 10.7. The van der Waals surface area contributed by atoms with Gasteiger partial charge in [-0.3, -0.25) is 4.79 Å². The van der Waals surface area contributed by atoms with E-state index in [2.05, 4.69) is 15.5 Å². The zero-order chi connectivity index (χ0) is 19.4. The topological polar surface area (TPSA) is 69.0 Å². The van der Waals surface area contributed by atoms with E-state index in [0.29, 0.717) is 21.7 Å². The molecule has 3 rings (SSSR count). The second-order valence-corrected chi connectivity index (χ2v) is 7.20. The van der Waals surface area contributed by atoms with Gasteiger partial charge in [-0.25, -0.2) is 0 Å². The van der Waals surface area contributed by atoms with E-state index in [1.54, 1.807) is 19.2 Å². The Morgan fingerprint density at radius 2 is 2.04 bits per heavy atom. The Balaban J connectivity index is 1.67. The molecular formula is C19H19ClN4O2S. The third-order valence-electron chi connectivity index (χ3n) is 4.04. The number of nitrogens with zero attached hydrogens (tertiary/aromatic N) is 3. The lowest BCUT2D eigenvalue weighted by atomic mass is 10.2. The maximum absolute atomic E-state index is 12.3. The number of ether oxygens (including phenoxy) is 1. The Hall–Kier alpha value is -2.51. The highest BCUT2D eigenvalue weighted by atomic mass is 35.5. The highest BCUT2D eigenvalue weighted by Crippen LogP contribution is 2.26. The van der Waals surface area contributed by atoms with Gasteiger partial charge in [0.2, 0.25) is 5.91 Å². The Kier molecular flexibility index (Phi) is 6.03. The second-order valence-electron chi connectivity index (χ2n) is 5.85. The molecule has 0 radical (unpaired) electrons. The van der Waals surface area contributed by atoms with Gasteiger partial charge in [0.15, 0.2) is 11.0 Å². The number of carbonyl (C=O) groups excluding carboxylic acids is 1. The number of hydrogen-bond acceptors (Lipinski definition) is 5. The summed E-state index contributed by atoms with van der Waals surface area (Å²) in [5, 5.41) is 12.6. The van der Waals surface area contributed by atoms with Crippen molar-refractivity contribution in [2.24, 2.45) is 7.05 Å². The van der Waals surface area contributed by atoms with Crippen LogP contribution in [0, 0.1) is 6.92 Å². The zero-order valence-corrected chi connectivity index (χ0v) is 16.8. The lowest BCUT2D eigenvalue weighted by Gasteiger charge is -2.09. The van der Waals surface area contributed by atoms with Crippen LogP contribution in [0.4, 0.5) is 5.69 Å². The largest absolute Gasteiger partial charge is 0.497 e. The number of thioether (sulfide) groups is 1. The van der Waals surface area contributed by atoms with Gasteiger partial charge in [-0.2, -0.15) is 0 Å². The number of halogens is 1. The van der Waals surface area contributed by atoms with Gasteiger partial charge < -0.3 is 14.6 Å². The van der Waals surface area contributed by atoms with E-state index in [-0.39, 0.29) is 11.7 Å². The molecule has 0 aliphatic heterocycles. The molecule has 8 heteroatoms. The number of aromatic nitrogens is 3. The average Bonchev–Trinajstić information content (AvgIpc) is 3.04. The van der Waals surface area contributed by atoms with Crippen LogP contribution in [0.15, 0.2) is 47.6 Å². The molecule has 0 atom stereocenters. The summed E-state index contributed by atoms with van der Waals surface area (Å²) >= 11 is 7.41. The van der Waals surface area contributed by atoms with Crippen LogP contribution >= 0.6 is 23.4 Å². The molecule has 140 valence electrons. The molecule has 1 aromatic heterocycles. The highest BCUT2D eigenvalue weighted by molar-refractivity contribution is 7.99. The third kappa shape index (κ3) is 4.43. The van der Waals surface area contributed by atoms with Gasteiger partial charge >= 0.3 is 0 Å². The minimum atomic E-state index is -0.128. The summed E-state index contributed by atoms with van der Waals surface area (Å²) in [6.45, 7) is 1.87. The van der Waals surface area contributed by atoms with E-state index in [1.807, 2.05) is 48.9 Å². The number of anilines is 1. The number of rotatable bonds is 6. The fourth-order valence-electron chi connectivity index (χ4n) is 2.51. The van der Waals surface area contributed by atoms with Crippen LogP contribution < -0.4 is 10.1 Å². The maximum Gasteiger partial charge on any atom is 0.234 e. The first kappa shape index (κ1) is 19.3. The molecule has 0 fully saturated rings. The smallest absolute Gasteiger partial charge is 0.234 e. The first-order valence-corrected chi connectivity index (χ1v) is 9.57. The van der Waals surface area contributed by atoms with Gasteiger partial charge in [0.05, 0.1) is 12.9 Å². The van der Waals surface area contributed by atoms with Crippen molar-refractivity contribution in [3.63, 3.8) is 0 Å². The first-order chi connectivity index (χ1) is 13.0. The number of benzene rings is 2. The Labute approximate surface area is 166 Å². The first-order valence-electron chi connectivity index (χ1n) is 8.21. The molecule has 0 spiro atoms. The summed E-state index contributed by atoms with van der Waals surface area (Å²) in [6.07, 6.45) is 0. The molecule has 0 saturated carbocycles. The van der Waals surface area contributed by atoms with Crippen molar-refractivity contribution < 1.29 is 9.53 Å². The van der Waals surface area contributed by atoms with Crippen LogP contribution in [0.2, 0.25) is 5.02 Å². The molecule has 1 N–H and O–H groups in total. The summed E-state index contributed by atoms with van der Waals surface area (Å²) in [7, 11) is 3.49. The summed E-state index contributed by atoms with van der Waals surface area (Å²) in [5.74, 6) is 1.55. The van der Waals surface area contributed by atoms with Gasteiger partial charge in [0, 0.05) is 23.3 Å². The van der Waals surface area contributed by atoms with E-state index in [0.717, 1.165) is 16.9 Å². The fraction of sp³-hybridized carbons (Fsp3) is 0.211. The monoisotopic (exact) mass is 402 g/mol. The van der Waals surface area contributed by atoms with Gasteiger partial charge in [0.1, 0.15) is 5.75 Å². The Morgan fingerprint density at radius 3 is 2.81 bits per heavy atom. The molecule has 2 aromatic carbocycles. The highest BCUT2D eigenvalue weighted by Gasteiger charge is 2.14. The van der Waals surface area contributed by atoms with Crippen molar-refractivity contribution in [2.75, 3.05) is 18.2 Å². The Bertz CT molecular complexity index is 974. The SMILES string of the molecule is COc1cccc(-c2nnc(SCC(=O)Nc3cccc(Cl)c3C)n2C)c1. The van der Waals surface area contributed by atoms with Crippen LogP contribution in [0.5, 0.6) is 5.75 Å². The fourth-order valence-corrected chi connectivity index (χ4v) is 3.40. The van der Waals surface area contributed by atoms with Crippen LogP contribution in [-0.4, -0.2) is 33.5 Å². The van der Waals surface area contributed by atoms with Gasteiger partial charge in [-0.15, -0.1) is 10.2 Å². The Morgan fingerprint density at radius 1 is 1.26 bits per heavy atom. The predicted octanol–water partition coefficient (Wildman–Crippen LogP) is 4.18. The minimum Gasteiger partial charge on any atom is -0.497 e. The van der Waals surface area contributed by atoms with Crippen LogP contribution in [0.3, 0.4) is 0 Å². The molecule has 1 heterocycles.